The summed E-state index contributed by atoms with van der Waals surface area (Å²) < 4.78 is 6.47. The highest BCUT2D eigenvalue weighted by Crippen LogP contribution is 2.35. The Morgan fingerprint density at radius 2 is 1.25 bits per heavy atom. The summed E-state index contributed by atoms with van der Waals surface area (Å²) in [6.45, 7) is 13.2. The Bertz CT molecular complexity index is 882. The SMILES string of the molecule is Cc1cc(OC(c2ccccc2)C(C)C)cc(C)c1-c1ccc(C(C)C)cc1. The maximum Gasteiger partial charge on any atom is 0.126 e. The molecule has 1 unspecified atom stereocenters. The Balaban J connectivity index is 1.91. The number of ether oxygens (including phenoxy) is 1. The molecule has 146 valence electrons. The number of benzene rings is 3. The molecule has 0 aliphatic carbocycles. The summed E-state index contributed by atoms with van der Waals surface area (Å²) >= 11 is 0. The van der Waals surface area contributed by atoms with Crippen LogP contribution in [0.25, 0.3) is 11.1 Å². The lowest BCUT2D eigenvalue weighted by Crippen LogP contribution is -2.14. The maximum atomic E-state index is 6.47. The van der Waals surface area contributed by atoms with Crippen LogP contribution in [0.1, 0.15) is 62.0 Å². The maximum absolute atomic E-state index is 6.47. The van der Waals surface area contributed by atoms with Gasteiger partial charge in [0.25, 0.3) is 0 Å². The van der Waals surface area contributed by atoms with Crippen LogP contribution >= 0.6 is 0 Å². The summed E-state index contributed by atoms with van der Waals surface area (Å²) in [5.41, 5.74) is 7.69. The summed E-state index contributed by atoms with van der Waals surface area (Å²) in [6, 6.07) is 23.8. The monoisotopic (exact) mass is 372 g/mol. The van der Waals surface area contributed by atoms with Gasteiger partial charge in [-0.25, -0.2) is 0 Å². The van der Waals surface area contributed by atoms with E-state index in [1.165, 1.54) is 33.4 Å². The third kappa shape index (κ3) is 4.47. The van der Waals surface area contributed by atoms with Crippen molar-refractivity contribution in [1.82, 2.24) is 0 Å². The molecule has 3 rings (SSSR count). The van der Waals surface area contributed by atoms with E-state index >= 15 is 0 Å². The molecule has 1 nitrogen and oxygen atoms in total. The van der Waals surface area contributed by atoms with Crippen LogP contribution in [0.4, 0.5) is 0 Å². The van der Waals surface area contributed by atoms with Crippen LogP contribution in [-0.4, -0.2) is 0 Å². The normalized spacial score (nSPS) is 12.4. The number of aryl methyl sites for hydroxylation is 2. The molecule has 1 atom stereocenters. The van der Waals surface area contributed by atoms with Crippen LogP contribution in [0, 0.1) is 19.8 Å². The van der Waals surface area contributed by atoms with Crippen LogP contribution in [0.5, 0.6) is 5.75 Å². The Morgan fingerprint density at radius 3 is 1.75 bits per heavy atom. The van der Waals surface area contributed by atoms with Gasteiger partial charge in [0.1, 0.15) is 11.9 Å². The molecule has 0 radical (unpaired) electrons. The summed E-state index contributed by atoms with van der Waals surface area (Å²) in [5, 5.41) is 0. The molecule has 0 bridgehead atoms. The standard InChI is InChI=1S/C27H32O/c1-18(2)22-12-14-23(15-13-22)26-20(5)16-25(17-21(26)6)28-27(19(3)4)24-10-8-7-9-11-24/h7-19,27H,1-6H3. The largest absolute Gasteiger partial charge is 0.485 e. The van der Waals surface area contributed by atoms with Gasteiger partial charge in [-0.05, 0) is 71.2 Å². The van der Waals surface area contributed by atoms with Gasteiger partial charge in [-0.2, -0.15) is 0 Å². The highest BCUT2D eigenvalue weighted by molar-refractivity contribution is 5.72. The minimum absolute atomic E-state index is 0.0520. The van der Waals surface area contributed by atoms with Crippen molar-refractivity contribution in [2.24, 2.45) is 5.92 Å². The predicted octanol–water partition coefficient (Wildman–Crippen LogP) is 7.87. The zero-order valence-corrected chi connectivity index (χ0v) is 18.0. The van der Waals surface area contributed by atoms with E-state index in [0.29, 0.717) is 11.8 Å². The molecule has 1 heteroatoms. The Kier molecular flexibility index (Phi) is 6.24. The molecule has 0 N–H and O–H groups in total. The number of hydrogen-bond donors (Lipinski definition) is 0. The first-order chi connectivity index (χ1) is 13.4. The molecule has 0 aliphatic rings. The van der Waals surface area contributed by atoms with Gasteiger partial charge in [0, 0.05) is 0 Å². The molecular weight excluding hydrogens is 340 g/mol. The third-order valence-electron chi connectivity index (χ3n) is 5.37. The van der Waals surface area contributed by atoms with Crippen LogP contribution in [0.2, 0.25) is 0 Å². The summed E-state index contributed by atoms with van der Waals surface area (Å²) in [4.78, 5) is 0. The summed E-state index contributed by atoms with van der Waals surface area (Å²) in [5.74, 6) is 1.89. The Morgan fingerprint density at radius 1 is 0.679 bits per heavy atom. The molecule has 3 aromatic rings. The molecule has 3 aromatic carbocycles. The zero-order valence-electron chi connectivity index (χ0n) is 18.0. The third-order valence-corrected chi connectivity index (χ3v) is 5.37. The molecule has 0 spiro atoms. The number of rotatable bonds is 6. The van der Waals surface area contributed by atoms with Gasteiger partial charge in [-0.15, -0.1) is 0 Å². The first-order valence-corrected chi connectivity index (χ1v) is 10.3. The molecule has 0 saturated carbocycles. The van der Waals surface area contributed by atoms with Crippen molar-refractivity contribution in [3.8, 4) is 16.9 Å². The van der Waals surface area contributed by atoms with Crippen molar-refractivity contribution in [1.29, 1.82) is 0 Å². The second kappa shape index (κ2) is 8.65. The van der Waals surface area contributed by atoms with Gasteiger partial charge in [0.05, 0.1) is 0 Å². The van der Waals surface area contributed by atoms with Crippen molar-refractivity contribution in [2.45, 2.75) is 53.6 Å². The smallest absolute Gasteiger partial charge is 0.126 e. The predicted molar refractivity (Wildman–Crippen MR) is 120 cm³/mol. The van der Waals surface area contributed by atoms with Crippen molar-refractivity contribution in [2.75, 3.05) is 0 Å². The average Bonchev–Trinajstić information content (AvgIpc) is 2.66. The van der Waals surface area contributed by atoms with E-state index in [1.807, 2.05) is 0 Å². The molecule has 0 fully saturated rings. The molecule has 0 aliphatic heterocycles. The van der Waals surface area contributed by atoms with Crippen molar-refractivity contribution in [3.05, 3.63) is 89.0 Å². The lowest BCUT2D eigenvalue weighted by molar-refractivity contribution is 0.153. The molecule has 0 saturated heterocycles. The lowest BCUT2D eigenvalue weighted by atomic mass is 9.93. The quantitative estimate of drug-likeness (QED) is 0.428. The molecule has 0 aromatic heterocycles. The van der Waals surface area contributed by atoms with E-state index < -0.39 is 0 Å². The second-order valence-corrected chi connectivity index (χ2v) is 8.40. The summed E-state index contributed by atoms with van der Waals surface area (Å²) in [7, 11) is 0. The van der Waals surface area contributed by atoms with Crippen LogP contribution in [0.3, 0.4) is 0 Å². The van der Waals surface area contributed by atoms with E-state index in [1.54, 1.807) is 0 Å². The van der Waals surface area contributed by atoms with Gasteiger partial charge >= 0.3 is 0 Å². The van der Waals surface area contributed by atoms with E-state index in [0.717, 1.165) is 5.75 Å². The second-order valence-electron chi connectivity index (χ2n) is 8.40. The van der Waals surface area contributed by atoms with Gasteiger partial charge in [0.15, 0.2) is 0 Å². The summed E-state index contributed by atoms with van der Waals surface area (Å²) in [6.07, 6.45) is 0.0520. The van der Waals surface area contributed by atoms with Gasteiger partial charge in [-0.1, -0.05) is 82.3 Å². The molecule has 0 amide bonds. The average molecular weight is 373 g/mol. The Labute approximate surface area is 170 Å². The first kappa shape index (κ1) is 20.2. The molecule has 28 heavy (non-hydrogen) atoms. The minimum atomic E-state index is 0.0520. The zero-order chi connectivity index (χ0) is 20.3. The van der Waals surface area contributed by atoms with E-state index in [9.17, 15) is 0 Å². The van der Waals surface area contributed by atoms with Crippen molar-refractivity contribution < 1.29 is 4.74 Å². The van der Waals surface area contributed by atoms with E-state index in [-0.39, 0.29) is 6.10 Å². The van der Waals surface area contributed by atoms with E-state index in [4.69, 9.17) is 4.74 Å². The van der Waals surface area contributed by atoms with E-state index in [2.05, 4.69) is 108 Å². The van der Waals surface area contributed by atoms with Crippen LogP contribution < -0.4 is 4.74 Å². The first-order valence-electron chi connectivity index (χ1n) is 10.3. The topological polar surface area (TPSA) is 9.23 Å². The van der Waals surface area contributed by atoms with Gasteiger partial charge in [0.2, 0.25) is 0 Å². The Hall–Kier alpha value is -2.54. The lowest BCUT2D eigenvalue weighted by Gasteiger charge is -2.24. The highest BCUT2D eigenvalue weighted by Gasteiger charge is 2.18. The van der Waals surface area contributed by atoms with Gasteiger partial charge < -0.3 is 4.74 Å². The molecule has 0 heterocycles. The fraction of sp³-hybridized carbons (Fsp3) is 0.333. The minimum Gasteiger partial charge on any atom is -0.485 e. The highest BCUT2D eigenvalue weighted by atomic mass is 16.5. The van der Waals surface area contributed by atoms with Crippen LogP contribution in [-0.2, 0) is 0 Å². The fourth-order valence-corrected chi connectivity index (χ4v) is 3.86. The molecular formula is C27H32O. The van der Waals surface area contributed by atoms with Gasteiger partial charge in [-0.3, -0.25) is 0 Å². The van der Waals surface area contributed by atoms with Crippen molar-refractivity contribution >= 4 is 0 Å². The fourth-order valence-electron chi connectivity index (χ4n) is 3.86. The number of hydrogen-bond acceptors (Lipinski definition) is 1. The van der Waals surface area contributed by atoms with Crippen LogP contribution in [0.15, 0.2) is 66.7 Å². The van der Waals surface area contributed by atoms with Crippen molar-refractivity contribution in [3.63, 3.8) is 0 Å².